The number of ether oxygens (including phenoxy) is 1. The molecule has 2 aromatic carbocycles. The number of hydrogen-bond acceptors (Lipinski definition) is 4. The average Bonchev–Trinajstić information content (AvgIpc) is 2.70. The maximum Gasteiger partial charge on any atom is 0.274 e. The van der Waals surface area contributed by atoms with Gasteiger partial charge < -0.3 is 15.4 Å². The maximum absolute atomic E-state index is 13.7. The molecule has 3 rings (SSSR count). The van der Waals surface area contributed by atoms with E-state index < -0.39 is 17.6 Å². The van der Waals surface area contributed by atoms with Crippen molar-refractivity contribution in [2.24, 2.45) is 0 Å². The molecule has 1 heterocycles. The molecule has 0 atom stereocenters. The molecular formula is C20H16FN3O3. The number of nitrogens with one attached hydrogen (secondary N) is 2. The quantitative estimate of drug-likeness (QED) is 0.722. The molecule has 0 aliphatic carbocycles. The Bertz CT molecular complexity index is 991. The smallest absolute Gasteiger partial charge is 0.274 e. The summed E-state index contributed by atoms with van der Waals surface area (Å²) in [5.74, 6) is -1.18. The number of methoxy groups -OCH3 is 1. The third-order valence-corrected chi connectivity index (χ3v) is 3.69. The SMILES string of the molecule is COc1ccccc1NC(=O)c1cccc(C(=O)Nc2ccccc2F)n1. The molecule has 0 aliphatic rings. The van der Waals surface area contributed by atoms with Crippen LogP contribution in [0.25, 0.3) is 0 Å². The highest BCUT2D eigenvalue weighted by molar-refractivity contribution is 6.06. The van der Waals surface area contributed by atoms with Gasteiger partial charge in [-0.3, -0.25) is 9.59 Å². The van der Waals surface area contributed by atoms with Gasteiger partial charge in [-0.05, 0) is 36.4 Å². The minimum Gasteiger partial charge on any atom is -0.495 e. The minimum atomic E-state index is -0.618. The van der Waals surface area contributed by atoms with Crippen molar-refractivity contribution in [2.45, 2.75) is 0 Å². The average molecular weight is 365 g/mol. The molecule has 1 aromatic heterocycles. The number of nitrogens with zero attached hydrogens (tertiary/aromatic N) is 1. The molecule has 7 heteroatoms. The van der Waals surface area contributed by atoms with Crippen LogP contribution >= 0.6 is 0 Å². The number of aromatic nitrogens is 1. The number of hydrogen-bond donors (Lipinski definition) is 2. The summed E-state index contributed by atoms with van der Waals surface area (Å²) in [6.07, 6.45) is 0. The van der Waals surface area contributed by atoms with Crippen molar-refractivity contribution in [2.75, 3.05) is 17.7 Å². The van der Waals surface area contributed by atoms with Gasteiger partial charge in [0.2, 0.25) is 0 Å². The van der Waals surface area contributed by atoms with Crippen molar-refractivity contribution in [3.8, 4) is 5.75 Å². The van der Waals surface area contributed by atoms with Gasteiger partial charge in [0.25, 0.3) is 11.8 Å². The number of amides is 2. The van der Waals surface area contributed by atoms with Gasteiger partial charge in [0, 0.05) is 0 Å². The van der Waals surface area contributed by atoms with E-state index in [1.165, 1.54) is 43.5 Å². The molecule has 6 nitrogen and oxygen atoms in total. The van der Waals surface area contributed by atoms with Crippen LogP contribution in [0.5, 0.6) is 5.75 Å². The molecule has 3 aromatic rings. The first kappa shape index (κ1) is 18.1. The lowest BCUT2D eigenvalue weighted by Crippen LogP contribution is -2.19. The molecule has 2 N–H and O–H groups in total. The number of rotatable bonds is 5. The molecule has 0 aliphatic heterocycles. The van der Waals surface area contributed by atoms with Crippen LogP contribution in [0.3, 0.4) is 0 Å². The lowest BCUT2D eigenvalue weighted by molar-refractivity contribution is 0.101. The summed E-state index contributed by atoms with van der Waals surface area (Å²) in [5.41, 5.74) is 0.550. The summed E-state index contributed by atoms with van der Waals surface area (Å²) in [7, 11) is 1.50. The van der Waals surface area contributed by atoms with Crippen LogP contribution in [0.2, 0.25) is 0 Å². The van der Waals surface area contributed by atoms with Gasteiger partial charge in [0.05, 0.1) is 18.5 Å². The Morgan fingerprint density at radius 3 is 2.00 bits per heavy atom. The van der Waals surface area contributed by atoms with Gasteiger partial charge in [-0.15, -0.1) is 0 Å². The first-order valence-electron chi connectivity index (χ1n) is 8.06. The van der Waals surface area contributed by atoms with Crippen LogP contribution in [0.15, 0.2) is 66.7 Å². The van der Waals surface area contributed by atoms with E-state index in [1.54, 1.807) is 30.3 Å². The van der Waals surface area contributed by atoms with E-state index in [-0.39, 0.29) is 17.1 Å². The van der Waals surface area contributed by atoms with E-state index >= 15 is 0 Å². The van der Waals surface area contributed by atoms with Crippen molar-refractivity contribution in [1.82, 2.24) is 4.98 Å². The Morgan fingerprint density at radius 1 is 0.815 bits per heavy atom. The van der Waals surface area contributed by atoms with Crippen LogP contribution < -0.4 is 15.4 Å². The zero-order chi connectivity index (χ0) is 19.2. The van der Waals surface area contributed by atoms with Gasteiger partial charge >= 0.3 is 0 Å². The van der Waals surface area contributed by atoms with E-state index in [4.69, 9.17) is 4.74 Å². The summed E-state index contributed by atoms with van der Waals surface area (Å²) in [4.78, 5) is 28.8. The Balaban J connectivity index is 1.77. The fourth-order valence-corrected chi connectivity index (χ4v) is 2.37. The predicted molar refractivity (Wildman–Crippen MR) is 99.5 cm³/mol. The van der Waals surface area contributed by atoms with E-state index in [9.17, 15) is 14.0 Å². The molecule has 0 saturated carbocycles. The van der Waals surface area contributed by atoms with Gasteiger partial charge in [-0.25, -0.2) is 9.37 Å². The van der Waals surface area contributed by atoms with Gasteiger partial charge in [-0.1, -0.05) is 30.3 Å². The summed E-state index contributed by atoms with van der Waals surface area (Å²) in [6, 6.07) is 17.2. The molecule has 0 bridgehead atoms. The second-order valence-corrected chi connectivity index (χ2v) is 5.50. The predicted octanol–water partition coefficient (Wildman–Crippen LogP) is 3.73. The third-order valence-electron chi connectivity index (χ3n) is 3.69. The first-order valence-corrected chi connectivity index (χ1v) is 8.06. The van der Waals surface area contributed by atoms with Crippen LogP contribution in [-0.4, -0.2) is 23.9 Å². The molecule has 0 saturated heterocycles. The van der Waals surface area contributed by atoms with Crippen molar-refractivity contribution >= 4 is 23.2 Å². The molecule has 136 valence electrons. The molecular weight excluding hydrogens is 349 g/mol. The Morgan fingerprint density at radius 2 is 1.37 bits per heavy atom. The number of halogens is 1. The highest BCUT2D eigenvalue weighted by Gasteiger charge is 2.15. The number of pyridine rings is 1. The standard InChI is InChI=1S/C20H16FN3O3/c1-27-18-12-5-4-9-15(18)24-20(26)17-11-6-10-16(22-17)19(25)23-14-8-3-2-7-13(14)21/h2-12H,1H3,(H,23,25)(H,24,26). The van der Waals surface area contributed by atoms with E-state index in [2.05, 4.69) is 15.6 Å². The second-order valence-electron chi connectivity index (χ2n) is 5.50. The molecule has 0 unspecified atom stereocenters. The van der Waals surface area contributed by atoms with Crippen molar-refractivity contribution in [3.63, 3.8) is 0 Å². The summed E-state index contributed by atoms with van der Waals surface area (Å²) in [5, 5.41) is 5.12. The zero-order valence-corrected chi connectivity index (χ0v) is 14.4. The number of anilines is 2. The number of para-hydroxylation sites is 3. The van der Waals surface area contributed by atoms with Gasteiger partial charge in [0.1, 0.15) is 23.0 Å². The topological polar surface area (TPSA) is 80.3 Å². The van der Waals surface area contributed by atoms with Gasteiger partial charge in [0.15, 0.2) is 0 Å². The normalized spacial score (nSPS) is 10.1. The third kappa shape index (κ3) is 4.27. The molecule has 0 fully saturated rings. The van der Waals surface area contributed by atoms with Crippen LogP contribution in [0.1, 0.15) is 21.0 Å². The van der Waals surface area contributed by atoms with E-state index in [1.807, 2.05) is 0 Å². The summed E-state index contributed by atoms with van der Waals surface area (Å²) in [6.45, 7) is 0. The monoisotopic (exact) mass is 365 g/mol. The highest BCUT2D eigenvalue weighted by Crippen LogP contribution is 2.23. The van der Waals surface area contributed by atoms with E-state index in [0.717, 1.165) is 0 Å². The summed E-state index contributed by atoms with van der Waals surface area (Å²) >= 11 is 0. The molecule has 27 heavy (non-hydrogen) atoms. The van der Waals surface area contributed by atoms with Crippen LogP contribution in [0, 0.1) is 5.82 Å². The van der Waals surface area contributed by atoms with Crippen LogP contribution in [-0.2, 0) is 0 Å². The molecule has 0 spiro atoms. The first-order chi connectivity index (χ1) is 13.1. The fraction of sp³-hybridized carbons (Fsp3) is 0.0500. The van der Waals surface area contributed by atoms with Crippen LogP contribution in [0.4, 0.5) is 15.8 Å². The van der Waals surface area contributed by atoms with Crippen molar-refractivity contribution < 1.29 is 18.7 Å². The van der Waals surface area contributed by atoms with Gasteiger partial charge in [-0.2, -0.15) is 0 Å². The largest absolute Gasteiger partial charge is 0.495 e. The zero-order valence-electron chi connectivity index (χ0n) is 14.4. The number of carbonyl (C=O) groups excluding carboxylic acids is 2. The Labute approximate surface area is 155 Å². The van der Waals surface area contributed by atoms with Crippen molar-refractivity contribution in [1.29, 1.82) is 0 Å². The second kappa shape index (κ2) is 8.09. The molecule has 2 amide bonds. The Kier molecular flexibility index (Phi) is 5.41. The minimum absolute atomic E-state index is 0.00840. The Hall–Kier alpha value is -3.74. The summed E-state index contributed by atoms with van der Waals surface area (Å²) < 4.78 is 18.9. The lowest BCUT2D eigenvalue weighted by atomic mass is 10.2. The maximum atomic E-state index is 13.7. The molecule has 0 radical (unpaired) electrons. The number of benzene rings is 2. The van der Waals surface area contributed by atoms with Crippen molar-refractivity contribution in [3.05, 3.63) is 83.9 Å². The lowest BCUT2D eigenvalue weighted by Gasteiger charge is -2.10. The van der Waals surface area contributed by atoms with E-state index in [0.29, 0.717) is 11.4 Å². The highest BCUT2D eigenvalue weighted by atomic mass is 19.1. The number of carbonyl (C=O) groups is 2. The fourth-order valence-electron chi connectivity index (χ4n) is 2.37.